The van der Waals surface area contributed by atoms with Crippen LogP contribution in [0.15, 0.2) is 24.3 Å². The van der Waals surface area contributed by atoms with Crippen LogP contribution in [-0.4, -0.2) is 9.97 Å². The van der Waals surface area contributed by atoms with E-state index < -0.39 is 0 Å². The molecule has 1 aromatic heterocycles. The summed E-state index contributed by atoms with van der Waals surface area (Å²) in [6.07, 6.45) is 1.76. The molecule has 1 aromatic carbocycles. The van der Waals surface area contributed by atoms with Crippen LogP contribution >= 0.6 is 23.2 Å². The summed E-state index contributed by atoms with van der Waals surface area (Å²) in [6.45, 7) is 2.07. The molecule has 0 atom stereocenters. The molecule has 0 saturated heterocycles. The first kappa shape index (κ1) is 13.9. The van der Waals surface area contributed by atoms with E-state index in [4.69, 9.17) is 28.9 Å². The number of anilines is 3. The molecular formula is C13H14Cl2N4. The smallest absolute Gasteiger partial charge is 0.136 e. The van der Waals surface area contributed by atoms with Gasteiger partial charge in [0.15, 0.2) is 0 Å². The number of aromatic nitrogens is 2. The second-order valence-corrected chi connectivity index (χ2v) is 4.91. The zero-order chi connectivity index (χ0) is 13.8. The molecule has 2 rings (SSSR count). The van der Waals surface area contributed by atoms with Gasteiger partial charge in [-0.2, -0.15) is 0 Å². The molecule has 3 N–H and O–H groups in total. The fourth-order valence-corrected chi connectivity index (χ4v) is 1.94. The van der Waals surface area contributed by atoms with Crippen molar-refractivity contribution >= 4 is 40.5 Å². The van der Waals surface area contributed by atoms with Crippen LogP contribution in [0.25, 0.3) is 0 Å². The quantitative estimate of drug-likeness (QED) is 0.893. The number of rotatable bonds is 4. The summed E-state index contributed by atoms with van der Waals surface area (Å²) in [6, 6.07) is 6.97. The largest absolute Gasteiger partial charge is 0.384 e. The zero-order valence-corrected chi connectivity index (χ0v) is 12.0. The number of halogens is 2. The lowest BCUT2D eigenvalue weighted by atomic mass is 10.3. The Balaban J connectivity index is 2.24. The zero-order valence-electron chi connectivity index (χ0n) is 10.5. The predicted molar refractivity (Wildman–Crippen MR) is 80.2 cm³/mol. The fourth-order valence-electron chi connectivity index (χ4n) is 1.64. The summed E-state index contributed by atoms with van der Waals surface area (Å²) in [4.78, 5) is 8.57. The van der Waals surface area contributed by atoms with Crippen molar-refractivity contribution in [3.63, 3.8) is 0 Å². The number of aryl methyl sites for hydroxylation is 1. The van der Waals surface area contributed by atoms with Crippen LogP contribution in [0.5, 0.6) is 0 Å². The Morgan fingerprint density at radius 2 is 1.95 bits per heavy atom. The topological polar surface area (TPSA) is 63.8 Å². The molecule has 6 heteroatoms. The number of benzene rings is 1. The van der Waals surface area contributed by atoms with E-state index in [1.807, 2.05) is 6.07 Å². The summed E-state index contributed by atoms with van der Waals surface area (Å²) < 4.78 is 0. The molecule has 1 heterocycles. The van der Waals surface area contributed by atoms with Gasteiger partial charge < -0.3 is 11.1 Å². The number of nitrogen functional groups attached to an aromatic ring is 1. The van der Waals surface area contributed by atoms with E-state index in [9.17, 15) is 0 Å². The van der Waals surface area contributed by atoms with Gasteiger partial charge in [0.1, 0.15) is 17.5 Å². The van der Waals surface area contributed by atoms with Crippen molar-refractivity contribution in [2.24, 2.45) is 0 Å². The first-order valence-corrected chi connectivity index (χ1v) is 6.69. The second kappa shape index (κ2) is 6.08. The van der Waals surface area contributed by atoms with Gasteiger partial charge in [0.2, 0.25) is 0 Å². The summed E-state index contributed by atoms with van der Waals surface area (Å²) in [7, 11) is 0. The molecule has 0 aliphatic rings. The minimum atomic E-state index is 0.445. The van der Waals surface area contributed by atoms with Crippen LogP contribution in [0.4, 0.5) is 17.3 Å². The van der Waals surface area contributed by atoms with Gasteiger partial charge in [0, 0.05) is 18.2 Å². The molecule has 19 heavy (non-hydrogen) atoms. The van der Waals surface area contributed by atoms with Crippen molar-refractivity contribution in [2.45, 2.75) is 19.8 Å². The molecule has 100 valence electrons. The molecule has 0 spiro atoms. The third-order valence-electron chi connectivity index (χ3n) is 2.46. The van der Waals surface area contributed by atoms with Crippen LogP contribution in [0.2, 0.25) is 10.0 Å². The Morgan fingerprint density at radius 3 is 2.63 bits per heavy atom. The van der Waals surface area contributed by atoms with Crippen molar-refractivity contribution in [2.75, 3.05) is 11.1 Å². The van der Waals surface area contributed by atoms with E-state index >= 15 is 0 Å². The lowest BCUT2D eigenvalue weighted by Gasteiger charge is -2.09. The van der Waals surface area contributed by atoms with Crippen molar-refractivity contribution in [1.29, 1.82) is 0 Å². The molecule has 0 amide bonds. The molecule has 4 nitrogen and oxygen atoms in total. The van der Waals surface area contributed by atoms with Gasteiger partial charge in [-0.25, -0.2) is 9.97 Å². The molecule has 0 radical (unpaired) electrons. The average molecular weight is 297 g/mol. The molecule has 0 saturated carbocycles. The minimum Gasteiger partial charge on any atom is -0.384 e. The van der Waals surface area contributed by atoms with Crippen molar-refractivity contribution in [1.82, 2.24) is 9.97 Å². The van der Waals surface area contributed by atoms with Crippen LogP contribution in [0, 0.1) is 0 Å². The van der Waals surface area contributed by atoms with E-state index in [0.29, 0.717) is 21.7 Å². The summed E-state index contributed by atoms with van der Waals surface area (Å²) >= 11 is 11.8. The molecule has 0 unspecified atom stereocenters. The molecule has 0 aliphatic heterocycles. The van der Waals surface area contributed by atoms with Crippen LogP contribution in [-0.2, 0) is 6.42 Å². The fraction of sp³-hybridized carbons (Fsp3) is 0.231. The van der Waals surface area contributed by atoms with Crippen LogP contribution < -0.4 is 11.1 Å². The monoisotopic (exact) mass is 296 g/mol. The second-order valence-electron chi connectivity index (χ2n) is 4.10. The van der Waals surface area contributed by atoms with E-state index in [1.54, 1.807) is 18.2 Å². The summed E-state index contributed by atoms with van der Waals surface area (Å²) in [5.74, 6) is 1.82. The lowest BCUT2D eigenvalue weighted by Crippen LogP contribution is -2.03. The molecule has 0 bridgehead atoms. The number of nitrogens with one attached hydrogen (secondary N) is 1. The summed E-state index contributed by atoms with van der Waals surface area (Å²) in [5, 5.41) is 4.14. The molecule has 2 aromatic rings. The standard InChI is InChI=1S/C13H14Cl2N4/c1-2-3-12-18-11(16)7-13(19-12)17-8-4-5-9(14)10(15)6-8/h4-7H,2-3H2,1H3,(H3,16,17,18,19). The van der Waals surface area contributed by atoms with Gasteiger partial charge in [-0.15, -0.1) is 0 Å². The average Bonchev–Trinajstić information content (AvgIpc) is 2.33. The van der Waals surface area contributed by atoms with Crippen molar-refractivity contribution < 1.29 is 0 Å². The Labute approximate surface area is 122 Å². The van der Waals surface area contributed by atoms with Crippen molar-refractivity contribution in [3.05, 3.63) is 40.1 Å². The van der Waals surface area contributed by atoms with Gasteiger partial charge in [-0.05, 0) is 24.6 Å². The normalized spacial score (nSPS) is 10.5. The highest BCUT2D eigenvalue weighted by Crippen LogP contribution is 2.26. The van der Waals surface area contributed by atoms with Crippen LogP contribution in [0.3, 0.4) is 0 Å². The molecule has 0 aliphatic carbocycles. The molecule has 0 fully saturated rings. The van der Waals surface area contributed by atoms with Gasteiger partial charge in [-0.1, -0.05) is 30.1 Å². The number of hydrogen-bond acceptors (Lipinski definition) is 4. The number of nitrogens with zero attached hydrogens (tertiary/aromatic N) is 2. The first-order valence-electron chi connectivity index (χ1n) is 5.94. The lowest BCUT2D eigenvalue weighted by molar-refractivity contribution is 0.839. The predicted octanol–water partition coefficient (Wildman–Crippen LogP) is 4.06. The Morgan fingerprint density at radius 1 is 1.16 bits per heavy atom. The van der Waals surface area contributed by atoms with E-state index in [0.717, 1.165) is 24.4 Å². The maximum Gasteiger partial charge on any atom is 0.136 e. The first-order chi connectivity index (χ1) is 9.08. The number of nitrogens with two attached hydrogens (primary N) is 1. The summed E-state index contributed by atoms with van der Waals surface area (Å²) in [5.41, 5.74) is 6.56. The highest BCUT2D eigenvalue weighted by Gasteiger charge is 2.04. The Bertz CT molecular complexity index is 587. The van der Waals surface area contributed by atoms with Crippen LogP contribution in [0.1, 0.15) is 19.2 Å². The van der Waals surface area contributed by atoms with E-state index in [2.05, 4.69) is 22.2 Å². The SMILES string of the molecule is CCCc1nc(N)cc(Nc2ccc(Cl)c(Cl)c2)n1. The van der Waals surface area contributed by atoms with E-state index in [-0.39, 0.29) is 0 Å². The Hall–Kier alpha value is -1.52. The van der Waals surface area contributed by atoms with Gasteiger partial charge in [0.25, 0.3) is 0 Å². The number of hydrogen-bond donors (Lipinski definition) is 2. The van der Waals surface area contributed by atoms with Crippen molar-refractivity contribution in [3.8, 4) is 0 Å². The van der Waals surface area contributed by atoms with Gasteiger partial charge in [-0.3, -0.25) is 0 Å². The Kier molecular flexibility index (Phi) is 4.45. The maximum absolute atomic E-state index is 5.96. The minimum absolute atomic E-state index is 0.445. The molecular weight excluding hydrogens is 283 g/mol. The highest BCUT2D eigenvalue weighted by molar-refractivity contribution is 6.42. The van der Waals surface area contributed by atoms with Gasteiger partial charge in [0.05, 0.1) is 10.0 Å². The third-order valence-corrected chi connectivity index (χ3v) is 3.20. The highest BCUT2D eigenvalue weighted by atomic mass is 35.5. The van der Waals surface area contributed by atoms with E-state index in [1.165, 1.54) is 0 Å². The van der Waals surface area contributed by atoms with Gasteiger partial charge >= 0.3 is 0 Å². The third kappa shape index (κ3) is 3.72. The maximum atomic E-state index is 5.96.